The Balaban J connectivity index is 1.69. The predicted molar refractivity (Wildman–Crippen MR) is 95.4 cm³/mol. The summed E-state index contributed by atoms with van der Waals surface area (Å²) in [5.41, 5.74) is 0.824. The van der Waals surface area contributed by atoms with Crippen LogP contribution in [0.5, 0.6) is 0 Å². The van der Waals surface area contributed by atoms with Crippen LogP contribution in [0, 0.1) is 0 Å². The lowest BCUT2D eigenvalue weighted by molar-refractivity contribution is -0.119. The van der Waals surface area contributed by atoms with E-state index in [0.717, 1.165) is 24.3 Å². The van der Waals surface area contributed by atoms with Crippen molar-refractivity contribution in [2.24, 2.45) is 0 Å². The van der Waals surface area contributed by atoms with Gasteiger partial charge >= 0.3 is 0 Å². The summed E-state index contributed by atoms with van der Waals surface area (Å²) < 4.78 is 0. The number of amides is 1. The van der Waals surface area contributed by atoms with Crippen molar-refractivity contribution in [2.75, 3.05) is 10.7 Å². The van der Waals surface area contributed by atoms with Crippen LogP contribution >= 0.6 is 35.6 Å². The first-order chi connectivity index (χ1) is 10.6. The number of fused-ring (bicyclic) bond motifs is 2. The van der Waals surface area contributed by atoms with Crippen LogP contribution in [0.2, 0.25) is 5.02 Å². The van der Waals surface area contributed by atoms with Gasteiger partial charge in [-0.15, -0.1) is 11.8 Å². The number of benzene rings is 1. The summed E-state index contributed by atoms with van der Waals surface area (Å²) >= 11 is 13.6. The zero-order chi connectivity index (χ0) is 15.3. The van der Waals surface area contributed by atoms with E-state index < -0.39 is 0 Å². The second-order valence-corrected chi connectivity index (χ2v) is 8.32. The van der Waals surface area contributed by atoms with Crippen LogP contribution in [0.25, 0.3) is 0 Å². The average molecular weight is 353 g/mol. The Kier molecular flexibility index (Phi) is 3.62. The number of hydrogen-bond donors (Lipinski definition) is 0. The Bertz CT molecular complexity index is 628. The molecule has 2 aliphatic heterocycles. The number of rotatable bonds is 1. The van der Waals surface area contributed by atoms with Gasteiger partial charge in [0.1, 0.15) is 6.04 Å². The molecular weight excluding hydrogens is 336 g/mol. The molecule has 1 saturated carbocycles. The first-order valence-corrected chi connectivity index (χ1v) is 9.46. The predicted octanol–water partition coefficient (Wildman–Crippen LogP) is 4.05. The normalized spacial score (nSPS) is 26.9. The maximum atomic E-state index is 12.9. The maximum Gasteiger partial charge on any atom is 0.257 e. The third-order valence-electron chi connectivity index (χ3n) is 4.88. The molecule has 0 radical (unpaired) electrons. The molecule has 3 aliphatic rings. The molecule has 0 N–H and O–H groups in total. The highest BCUT2D eigenvalue weighted by Gasteiger charge is 2.57. The second kappa shape index (κ2) is 5.39. The number of anilines is 1. The molecule has 1 atom stereocenters. The van der Waals surface area contributed by atoms with Gasteiger partial charge < -0.3 is 4.90 Å². The molecule has 0 bridgehead atoms. The highest BCUT2D eigenvalue weighted by molar-refractivity contribution is 8.01. The van der Waals surface area contributed by atoms with E-state index >= 15 is 0 Å². The van der Waals surface area contributed by atoms with Gasteiger partial charge in [-0.2, -0.15) is 0 Å². The first kappa shape index (κ1) is 14.8. The van der Waals surface area contributed by atoms with Crippen LogP contribution in [0.15, 0.2) is 24.3 Å². The van der Waals surface area contributed by atoms with Crippen molar-refractivity contribution < 1.29 is 4.79 Å². The number of thioether (sulfide) groups is 1. The molecule has 1 aliphatic carbocycles. The van der Waals surface area contributed by atoms with Crippen molar-refractivity contribution in [3.63, 3.8) is 0 Å². The molecule has 0 aromatic heterocycles. The van der Waals surface area contributed by atoms with E-state index in [1.165, 1.54) is 19.3 Å². The standard InChI is InChI=1S/C16H17ClN2OS2/c17-11-4-6-12(7-5-11)18-14(20)13-10-22-16(19(13)15(18)21)8-2-1-3-9-16/h4-7,13H,1-3,8-10H2/t13-/m1/s1. The summed E-state index contributed by atoms with van der Waals surface area (Å²) in [6, 6.07) is 7.26. The minimum absolute atomic E-state index is 0.0524. The topological polar surface area (TPSA) is 23.6 Å². The van der Waals surface area contributed by atoms with E-state index in [2.05, 4.69) is 4.90 Å². The quantitative estimate of drug-likeness (QED) is 0.711. The van der Waals surface area contributed by atoms with E-state index in [1.54, 1.807) is 17.0 Å². The summed E-state index contributed by atoms with van der Waals surface area (Å²) in [5.74, 6) is 0.963. The highest BCUT2D eigenvalue weighted by atomic mass is 35.5. The number of thiocarbonyl (C=S) groups is 1. The van der Waals surface area contributed by atoms with Gasteiger partial charge in [-0.25, -0.2) is 0 Å². The van der Waals surface area contributed by atoms with Crippen molar-refractivity contribution in [3.8, 4) is 0 Å². The number of carbonyl (C=O) groups excluding carboxylic acids is 1. The van der Waals surface area contributed by atoms with Crippen LogP contribution in [0.1, 0.15) is 32.1 Å². The van der Waals surface area contributed by atoms with Gasteiger partial charge in [0.25, 0.3) is 5.91 Å². The van der Waals surface area contributed by atoms with Crippen molar-refractivity contribution in [2.45, 2.75) is 43.0 Å². The fourth-order valence-electron chi connectivity index (χ4n) is 3.82. The van der Waals surface area contributed by atoms with E-state index in [4.69, 9.17) is 23.8 Å². The largest absolute Gasteiger partial charge is 0.321 e. The molecule has 1 amide bonds. The molecule has 1 spiro atoms. The van der Waals surface area contributed by atoms with Crippen molar-refractivity contribution in [3.05, 3.63) is 29.3 Å². The van der Waals surface area contributed by atoms with Crippen LogP contribution in [0.3, 0.4) is 0 Å². The van der Waals surface area contributed by atoms with Gasteiger partial charge in [0.2, 0.25) is 0 Å². The van der Waals surface area contributed by atoms with E-state index in [-0.39, 0.29) is 16.8 Å². The van der Waals surface area contributed by atoms with E-state index in [1.807, 2.05) is 23.9 Å². The molecule has 116 valence electrons. The molecule has 4 rings (SSSR count). The van der Waals surface area contributed by atoms with Crippen LogP contribution < -0.4 is 4.90 Å². The second-order valence-electron chi connectivity index (χ2n) is 6.14. The van der Waals surface area contributed by atoms with Crippen LogP contribution in [0.4, 0.5) is 5.69 Å². The Hall–Kier alpha value is -0.780. The summed E-state index contributed by atoms with van der Waals surface area (Å²) in [5, 5.41) is 1.34. The molecular formula is C16H17ClN2OS2. The lowest BCUT2D eigenvalue weighted by Crippen LogP contribution is -2.48. The van der Waals surface area contributed by atoms with Gasteiger partial charge in [0, 0.05) is 10.8 Å². The number of hydrogen-bond acceptors (Lipinski definition) is 3. The van der Waals surface area contributed by atoms with Gasteiger partial charge in [-0.3, -0.25) is 9.69 Å². The number of nitrogens with zero attached hydrogens (tertiary/aromatic N) is 2. The molecule has 3 fully saturated rings. The Morgan fingerprint density at radius 3 is 2.55 bits per heavy atom. The third kappa shape index (κ3) is 2.09. The molecule has 6 heteroatoms. The fourth-order valence-corrected chi connectivity index (χ4v) is 6.19. The Labute approximate surface area is 145 Å². The lowest BCUT2D eigenvalue weighted by atomic mass is 9.93. The summed E-state index contributed by atoms with van der Waals surface area (Å²) in [7, 11) is 0. The van der Waals surface area contributed by atoms with Gasteiger partial charge in [-0.1, -0.05) is 30.9 Å². The maximum absolute atomic E-state index is 12.9. The SMILES string of the molecule is O=C1[C@H]2CSC3(CCCCC3)N2C(=S)N1c1ccc(Cl)cc1. The summed E-state index contributed by atoms with van der Waals surface area (Å²) in [4.78, 5) is 16.9. The third-order valence-corrected chi connectivity index (χ3v) is 7.14. The monoisotopic (exact) mass is 352 g/mol. The van der Waals surface area contributed by atoms with E-state index in [9.17, 15) is 4.79 Å². The molecule has 22 heavy (non-hydrogen) atoms. The molecule has 0 unspecified atom stereocenters. The summed E-state index contributed by atoms with van der Waals surface area (Å²) in [6.45, 7) is 0. The van der Waals surface area contributed by atoms with Crippen molar-refractivity contribution in [1.82, 2.24) is 4.90 Å². The zero-order valence-electron chi connectivity index (χ0n) is 12.1. The minimum Gasteiger partial charge on any atom is -0.321 e. The fraction of sp³-hybridized carbons (Fsp3) is 0.500. The molecule has 3 nitrogen and oxygen atoms in total. The molecule has 2 saturated heterocycles. The van der Waals surface area contributed by atoms with Crippen molar-refractivity contribution in [1.29, 1.82) is 0 Å². The van der Waals surface area contributed by atoms with Crippen LogP contribution in [-0.2, 0) is 4.79 Å². The highest BCUT2D eigenvalue weighted by Crippen LogP contribution is 2.52. The van der Waals surface area contributed by atoms with Gasteiger partial charge in [0.05, 0.1) is 10.6 Å². The van der Waals surface area contributed by atoms with Crippen molar-refractivity contribution >= 4 is 52.3 Å². The van der Waals surface area contributed by atoms with Crippen LogP contribution in [-0.4, -0.2) is 32.6 Å². The first-order valence-electron chi connectivity index (χ1n) is 7.69. The molecule has 2 heterocycles. The Morgan fingerprint density at radius 1 is 1.18 bits per heavy atom. The molecule has 1 aromatic rings. The van der Waals surface area contributed by atoms with E-state index in [0.29, 0.717) is 10.1 Å². The number of halogens is 1. The smallest absolute Gasteiger partial charge is 0.257 e. The van der Waals surface area contributed by atoms with Gasteiger partial charge in [0.15, 0.2) is 5.11 Å². The van der Waals surface area contributed by atoms with Gasteiger partial charge in [-0.05, 0) is 49.3 Å². The average Bonchev–Trinajstić information content (AvgIpc) is 3.00. The number of carbonyl (C=O) groups is 1. The Morgan fingerprint density at radius 2 is 1.86 bits per heavy atom. The minimum atomic E-state index is -0.0914. The zero-order valence-corrected chi connectivity index (χ0v) is 14.5. The molecule has 1 aromatic carbocycles. The summed E-state index contributed by atoms with van der Waals surface area (Å²) in [6.07, 6.45) is 6.02. The lowest BCUT2D eigenvalue weighted by Gasteiger charge is -2.41.